The number of carboxylic acid groups (broad SMARTS) is 1. The van der Waals surface area contributed by atoms with Gasteiger partial charge in [0.05, 0.1) is 19.2 Å². The number of aromatic amines is 1. The van der Waals surface area contributed by atoms with Gasteiger partial charge in [-0.3, -0.25) is 4.79 Å². The van der Waals surface area contributed by atoms with Gasteiger partial charge in [-0.1, -0.05) is 36.4 Å². The molecule has 0 radical (unpaired) electrons. The Kier molecular flexibility index (Phi) is 6.25. The van der Waals surface area contributed by atoms with Crippen molar-refractivity contribution in [2.45, 2.75) is 24.9 Å². The van der Waals surface area contributed by atoms with Crippen LogP contribution in [0.3, 0.4) is 0 Å². The molecule has 2 aromatic carbocycles. The molecule has 5 N–H and O–H groups in total. The summed E-state index contributed by atoms with van der Waals surface area (Å²) in [6.45, 7) is 0.217. The van der Waals surface area contributed by atoms with Crippen molar-refractivity contribution in [3.05, 3.63) is 65.9 Å². The van der Waals surface area contributed by atoms with Crippen molar-refractivity contribution in [2.75, 3.05) is 13.2 Å². The van der Waals surface area contributed by atoms with Crippen LogP contribution in [0.2, 0.25) is 0 Å². The summed E-state index contributed by atoms with van der Waals surface area (Å²) in [6.07, 6.45) is 2.47. The molecule has 32 heavy (non-hydrogen) atoms. The van der Waals surface area contributed by atoms with Crippen LogP contribution in [0, 0.1) is 0 Å². The predicted molar refractivity (Wildman–Crippen MR) is 117 cm³/mol. The summed E-state index contributed by atoms with van der Waals surface area (Å²) >= 11 is 0. The van der Waals surface area contributed by atoms with Gasteiger partial charge < -0.3 is 30.8 Å². The lowest BCUT2D eigenvalue weighted by Crippen LogP contribution is -2.49. The molecule has 0 saturated carbocycles. The van der Waals surface area contributed by atoms with Gasteiger partial charge in [-0.2, -0.15) is 0 Å². The van der Waals surface area contributed by atoms with Gasteiger partial charge in [-0.25, -0.2) is 9.59 Å². The fraction of sp³-hybridized carbons (Fsp3) is 0.261. The molecule has 0 bridgehead atoms. The molecule has 0 spiro atoms. The SMILES string of the molecule is O=C(CNC(=O)N[C@@H](Cc1c[nH]c2ccccc12)C(=O)O)N[C@@H]1CCOc2ccccc21. The van der Waals surface area contributed by atoms with Gasteiger partial charge in [0, 0.05) is 35.5 Å². The number of hydrogen-bond donors (Lipinski definition) is 5. The monoisotopic (exact) mass is 436 g/mol. The van der Waals surface area contributed by atoms with Gasteiger partial charge in [-0.05, 0) is 17.7 Å². The first-order chi connectivity index (χ1) is 15.5. The number of ether oxygens (including phenoxy) is 1. The first kappa shape index (κ1) is 21.2. The van der Waals surface area contributed by atoms with E-state index >= 15 is 0 Å². The molecule has 9 heteroatoms. The smallest absolute Gasteiger partial charge is 0.326 e. The van der Waals surface area contributed by atoms with E-state index in [4.69, 9.17) is 4.74 Å². The highest BCUT2D eigenvalue weighted by Crippen LogP contribution is 2.31. The van der Waals surface area contributed by atoms with Crippen LogP contribution in [0.5, 0.6) is 5.75 Å². The zero-order valence-electron chi connectivity index (χ0n) is 17.3. The molecule has 3 amide bonds. The molecule has 1 aliphatic heterocycles. The number of fused-ring (bicyclic) bond motifs is 2. The van der Waals surface area contributed by atoms with Crippen LogP contribution in [0.4, 0.5) is 4.79 Å². The second kappa shape index (κ2) is 9.42. The highest BCUT2D eigenvalue weighted by atomic mass is 16.5. The molecule has 9 nitrogen and oxygen atoms in total. The fourth-order valence-corrected chi connectivity index (χ4v) is 3.83. The van der Waals surface area contributed by atoms with E-state index in [0.717, 1.165) is 27.8 Å². The van der Waals surface area contributed by atoms with E-state index in [-0.39, 0.29) is 24.9 Å². The topological polar surface area (TPSA) is 133 Å². The maximum atomic E-state index is 12.3. The lowest BCUT2D eigenvalue weighted by molar-refractivity contribution is -0.139. The van der Waals surface area contributed by atoms with Crippen LogP contribution in [-0.4, -0.2) is 47.2 Å². The van der Waals surface area contributed by atoms with Gasteiger partial charge in [0.25, 0.3) is 0 Å². The lowest BCUT2D eigenvalue weighted by atomic mass is 10.0. The number of urea groups is 1. The maximum absolute atomic E-state index is 12.3. The number of benzene rings is 2. The van der Waals surface area contributed by atoms with Crippen LogP contribution < -0.4 is 20.7 Å². The number of nitrogens with one attached hydrogen (secondary N) is 4. The van der Waals surface area contributed by atoms with E-state index in [9.17, 15) is 19.5 Å². The number of carbonyl (C=O) groups excluding carboxylic acids is 2. The molecule has 0 fully saturated rings. The van der Waals surface area contributed by atoms with Crippen molar-refractivity contribution in [3.8, 4) is 5.75 Å². The summed E-state index contributed by atoms with van der Waals surface area (Å²) in [5.41, 5.74) is 2.56. The first-order valence-electron chi connectivity index (χ1n) is 10.3. The molecule has 166 valence electrons. The molecular weight excluding hydrogens is 412 g/mol. The van der Waals surface area contributed by atoms with Crippen molar-refractivity contribution in [3.63, 3.8) is 0 Å². The second-order valence-corrected chi connectivity index (χ2v) is 7.58. The third kappa shape index (κ3) is 4.83. The summed E-state index contributed by atoms with van der Waals surface area (Å²) in [4.78, 5) is 39.3. The number of H-pyrrole nitrogens is 1. The second-order valence-electron chi connectivity index (χ2n) is 7.58. The highest BCUT2D eigenvalue weighted by molar-refractivity contribution is 5.88. The van der Waals surface area contributed by atoms with E-state index in [1.807, 2.05) is 48.5 Å². The number of hydrogen-bond acceptors (Lipinski definition) is 4. The molecule has 4 rings (SSSR count). The average molecular weight is 436 g/mol. The van der Waals surface area contributed by atoms with Gasteiger partial charge in [-0.15, -0.1) is 0 Å². The molecule has 1 aliphatic rings. The molecule has 2 heterocycles. The van der Waals surface area contributed by atoms with E-state index in [1.54, 1.807) is 6.20 Å². The Morgan fingerprint density at radius 2 is 1.91 bits per heavy atom. The third-order valence-electron chi connectivity index (χ3n) is 5.41. The van der Waals surface area contributed by atoms with E-state index in [0.29, 0.717) is 13.0 Å². The fourth-order valence-electron chi connectivity index (χ4n) is 3.83. The Morgan fingerprint density at radius 3 is 2.75 bits per heavy atom. The van der Waals surface area contributed by atoms with Gasteiger partial charge in [0.2, 0.25) is 5.91 Å². The quantitative estimate of drug-likeness (QED) is 0.387. The number of para-hydroxylation sites is 2. The summed E-state index contributed by atoms with van der Waals surface area (Å²) < 4.78 is 5.58. The van der Waals surface area contributed by atoms with Crippen molar-refractivity contribution in [1.29, 1.82) is 0 Å². The minimum absolute atomic E-state index is 0.109. The number of rotatable bonds is 7. The summed E-state index contributed by atoms with van der Waals surface area (Å²) in [7, 11) is 0. The van der Waals surface area contributed by atoms with Crippen molar-refractivity contribution in [2.24, 2.45) is 0 Å². The van der Waals surface area contributed by atoms with E-state index < -0.39 is 18.0 Å². The zero-order valence-corrected chi connectivity index (χ0v) is 17.3. The van der Waals surface area contributed by atoms with E-state index in [2.05, 4.69) is 20.9 Å². The lowest BCUT2D eigenvalue weighted by Gasteiger charge is -2.26. The number of amides is 3. The molecule has 0 saturated heterocycles. The summed E-state index contributed by atoms with van der Waals surface area (Å²) in [6, 6.07) is 12.9. The molecule has 2 atom stereocenters. The molecule has 3 aromatic rings. The average Bonchev–Trinajstić information content (AvgIpc) is 3.20. The number of carboxylic acids is 1. The Bertz CT molecular complexity index is 1140. The minimum Gasteiger partial charge on any atom is -0.493 e. The van der Waals surface area contributed by atoms with Crippen molar-refractivity contribution in [1.82, 2.24) is 20.9 Å². The van der Waals surface area contributed by atoms with Crippen LogP contribution in [0.15, 0.2) is 54.7 Å². The van der Waals surface area contributed by atoms with Crippen LogP contribution in [-0.2, 0) is 16.0 Å². The van der Waals surface area contributed by atoms with Gasteiger partial charge >= 0.3 is 12.0 Å². The molecular formula is C23H24N4O5. The van der Waals surface area contributed by atoms with E-state index in [1.165, 1.54) is 0 Å². The largest absolute Gasteiger partial charge is 0.493 e. The van der Waals surface area contributed by atoms with Gasteiger partial charge in [0.15, 0.2) is 0 Å². The minimum atomic E-state index is -1.16. The standard InChI is InChI=1S/C23H24N4O5/c28-21(26-18-9-10-32-20-8-4-2-6-16(18)20)13-25-23(31)27-19(22(29)30)11-14-12-24-17-7-3-1-5-15(14)17/h1-8,12,18-19,24H,9-11,13H2,(H,26,28)(H,29,30)(H2,25,27,31)/t18-,19+/m1/s1. The summed E-state index contributed by atoms with van der Waals surface area (Å²) in [5.74, 6) is -0.796. The van der Waals surface area contributed by atoms with Crippen LogP contribution in [0.1, 0.15) is 23.6 Å². The van der Waals surface area contributed by atoms with Crippen LogP contribution in [0.25, 0.3) is 10.9 Å². The summed E-state index contributed by atoms with van der Waals surface area (Å²) in [5, 5.41) is 18.2. The Labute approximate surface area is 184 Å². The van der Waals surface area contributed by atoms with Crippen molar-refractivity contribution < 1.29 is 24.2 Å². The number of aliphatic carboxylic acids is 1. The Balaban J connectivity index is 1.30. The maximum Gasteiger partial charge on any atom is 0.326 e. The van der Waals surface area contributed by atoms with Crippen molar-refractivity contribution >= 4 is 28.8 Å². The molecule has 0 unspecified atom stereocenters. The normalized spacial score (nSPS) is 15.8. The Morgan fingerprint density at radius 1 is 1.12 bits per heavy atom. The highest BCUT2D eigenvalue weighted by Gasteiger charge is 2.24. The molecule has 1 aromatic heterocycles. The number of carbonyl (C=O) groups is 3. The zero-order chi connectivity index (χ0) is 22.5. The number of aromatic nitrogens is 1. The Hall–Kier alpha value is -4.01. The third-order valence-corrected chi connectivity index (χ3v) is 5.41. The van der Waals surface area contributed by atoms with Gasteiger partial charge in [0.1, 0.15) is 11.8 Å². The molecule has 0 aliphatic carbocycles. The predicted octanol–water partition coefficient (Wildman–Crippen LogP) is 2.10. The first-order valence-corrected chi connectivity index (χ1v) is 10.3. The van der Waals surface area contributed by atoms with Crippen LogP contribution >= 0.6 is 0 Å².